The Morgan fingerprint density at radius 2 is 1.82 bits per heavy atom. The third kappa shape index (κ3) is 6.41. The summed E-state index contributed by atoms with van der Waals surface area (Å²) in [6.07, 6.45) is 11.8. The lowest BCUT2D eigenvalue weighted by molar-refractivity contribution is 0.102. The predicted molar refractivity (Wildman–Crippen MR) is 132 cm³/mol. The van der Waals surface area contributed by atoms with E-state index >= 15 is 0 Å². The van der Waals surface area contributed by atoms with Crippen LogP contribution in [-0.2, 0) is 19.3 Å². The Labute approximate surface area is 196 Å². The van der Waals surface area contributed by atoms with Gasteiger partial charge in [0.2, 0.25) is 0 Å². The van der Waals surface area contributed by atoms with Crippen molar-refractivity contribution in [2.45, 2.75) is 64.7 Å². The highest BCUT2D eigenvalue weighted by molar-refractivity contribution is 6.03. The van der Waals surface area contributed by atoms with E-state index < -0.39 is 0 Å². The van der Waals surface area contributed by atoms with E-state index in [9.17, 15) is 9.90 Å². The second-order valence-electron chi connectivity index (χ2n) is 9.13. The number of rotatable bonds is 8. The van der Waals surface area contributed by atoms with Gasteiger partial charge in [-0.2, -0.15) is 0 Å². The molecule has 4 rings (SSSR count). The van der Waals surface area contributed by atoms with Crippen molar-refractivity contribution in [2.75, 3.05) is 5.32 Å². The van der Waals surface area contributed by atoms with E-state index in [2.05, 4.69) is 5.32 Å². The number of carbonyl (C=O) groups is 1. The number of hydrogen-bond donors (Lipinski definition) is 2. The molecule has 0 saturated heterocycles. The minimum atomic E-state index is -0.162. The van der Waals surface area contributed by atoms with Crippen molar-refractivity contribution >= 4 is 11.7 Å². The SMILES string of the molecule is Cc1ccc(O)cc1CCc1cnc(CCC2CCCCC2)c(NC(=O)c2ccccc2)n1. The fourth-order valence-corrected chi connectivity index (χ4v) is 4.63. The number of aryl methyl sites for hydroxylation is 4. The molecule has 0 spiro atoms. The number of carbonyl (C=O) groups excluding carboxylic acids is 1. The lowest BCUT2D eigenvalue weighted by Gasteiger charge is -2.21. The third-order valence-corrected chi connectivity index (χ3v) is 6.66. The van der Waals surface area contributed by atoms with Gasteiger partial charge in [0.05, 0.1) is 11.4 Å². The summed E-state index contributed by atoms with van der Waals surface area (Å²) in [7, 11) is 0. The highest BCUT2D eigenvalue weighted by Crippen LogP contribution is 2.28. The number of nitrogens with zero attached hydrogens (tertiary/aromatic N) is 2. The smallest absolute Gasteiger partial charge is 0.256 e. The maximum atomic E-state index is 12.8. The van der Waals surface area contributed by atoms with Crippen LogP contribution in [0, 0.1) is 12.8 Å². The zero-order valence-corrected chi connectivity index (χ0v) is 19.4. The molecule has 3 aromatic rings. The van der Waals surface area contributed by atoms with Crippen molar-refractivity contribution in [3.63, 3.8) is 0 Å². The number of phenols is 1. The van der Waals surface area contributed by atoms with Gasteiger partial charge in [0.25, 0.3) is 5.91 Å². The Bertz CT molecular complexity index is 1080. The first-order valence-electron chi connectivity index (χ1n) is 12.1. The molecule has 0 radical (unpaired) electrons. The highest BCUT2D eigenvalue weighted by Gasteiger charge is 2.17. The van der Waals surface area contributed by atoms with Crippen LogP contribution in [0.15, 0.2) is 54.7 Å². The number of aromatic hydroxyl groups is 1. The van der Waals surface area contributed by atoms with Gasteiger partial charge in [0.15, 0.2) is 5.82 Å². The monoisotopic (exact) mass is 443 g/mol. The van der Waals surface area contributed by atoms with Crippen LogP contribution in [0.2, 0.25) is 0 Å². The number of amides is 1. The average Bonchev–Trinajstić information content (AvgIpc) is 2.85. The van der Waals surface area contributed by atoms with Crippen LogP contribution in [0.5, 0.6) is 5.75 Å². The average molecular weight is 444 g/mol. The molecule has 1 aliphatic rings. The molecule has 1 amide bonds. The molecule has 172 valence electrons. The molecule has 0 bridgehead atoms. The normalized spacial score (nSPS) is 14.2. The highest BCUT2D eigenvalue weighted by atomic mass is 16.3. The number of aromatic nitrogens is 2. The quantitative estimate of drug-likeness (QED) is 0.445. The van der Waals surface area contributed by atoms with Crippen LogP contribution < -0.4 is 5.32 Å². The molecule has 1 heterocycles. The molecule has 0 atom stereocenters. The Kier molecular flexibility index (Phi) is 7.71. The molecule has 0 unspecified atom stereocenters. The van der Waals surface area contributed by atoms with Gasteiger partial charge in [-0.1, -0.05) is 56.4 Å². The molecule has 1 fully saturated rings. The van der Waals surface area contributed by atoms with Crippen LogP contribution in [0.3, 0.4) is 0 Å². The number of phenolic OH excluding ortho intramolecular Hbond substituents is 1. The Balaban J connectivity index is 1.51. The van der Waals surface area contributed by atoms with E-state index in [1.165, 1.54) is 32.1 Å². The molecule has 1 saturated carbocycles. The van der Waals surface area contributed by atoms with Gasteiger partial charge in [-0.15, -0.1) is 0 Å². The molecule has 2 aromatic carbocycles. The zero-order valence-electron chi connectivity index (χ0n) is 19.4. The number of hydrogen-bond acceptors (Lipinski definition) is 4. The summed E-state index contributed by atoms with van der Waals surface area (Å²) >= 11 is 0. The second-order valence-corrected chi connectivity index (χ2v) is 9.13. The zero-order chi connectivity index (χ0) is 23.0. The Morgan fingerprint density at radius 3 is 2.61 bits per heavy atom. The minimum Gasteiger partial charge on any atom is -0.508 e. The Morgan fingerprint density at radius 1 is 1.03 bits per heavy atom. The van der Waals surface area contributed by atoms with Gasteiger partial charge in [-0.3, -0.25) is 9.78 Å². The first kappa shape index (κ1) is 23.0. The molecule has 2 N–H and O–H groups in total. The van der Waals surface area contributed by atoms with Crippen molar-refractivity contribution in [1.82, 2.24) is 9.97 Å². The number of nitrogens with one attached hydrogen (secondary N) is 1. The fraction of sp³-hybridized carbons (Fsp3) is 0.393. The van der Waals surface area contributed by atoms with Crippen molar-refractivity contribution in [3.8, 4) is 5.75 Å². The summed E-state index contributed by atoms with van der Waals surface area (Å²) in [5, 5.41) is 12.8. The van der Waals surface area contributed by atoms with E-state index in [0.29, 0.717) is 17.8 Å². The first-order chi connectivity index (χ1) is 16.1. The molecule has 5 nitrogen and oxygen atoms in total. The topological polar surface area (TPSA) is 75.1 Å². The molecular weight excluding hydrogens is 410 g/mol. The maximum Gasteiger partial charge on any atom is 0.256 e. The largest absolute Gasteiger partial charge is 0.508 e. The van der Waals surface area contributed by atoms with Crippen LogP contribution in [-0.4, -0.2) is 21.0 Å². The van der Waals surface area contributed by atoms with Crippen molar-refractivity contribution in [1.29, 1.82) is 0 Å². The second kappa shape index (κ2) is 11.1. The lowest BCUT2D eigenvalue weighted by Crippen LogP contribution is -2.17. The van der Waals surface area contributed by atoms with Crippen LogP contribution >= 0.6 is 0 Å². The summed E-state index contributed by atoms with van der Waals surface area (Å²) in [6.45, 7) is 2.04. The summed E-state index contributed by atoms with van der Waals surface area (Å²) in [6, 6.07) is 14.7. The van der Waals surface area contributed by atoms with Crippen LogP contribution in [0.25, 0.3) is 0 Å². The number of benzene rings is 2. The van der Waals surface area contributed by atoms with E-state index in [4.69, 9.17) is 9.97 Å². The lowest BCUT2D eigenvalue weighted by atomic mass is 9.86. The van der Waals surface area contributed by atoms with E-state index in [1.807, 2.05) is 37.4 Å². The van der Waals surface area contributed by atoms with E-state index in [1.54, 1.807) is 24.3 Å². The standard InChI is InChI=1S/C28H33N3O2/c1-20-12-16-25(32)18-23(20)14-15-24-19-29-26(17-13-21-8-4-2-5-9-21)27(30-24)31-28(33)22-10-6-3-7-11-22/h3,6-7,10-12,16,18-19,21,32H,2,4-5,8-9,13-15,17H2,1H3,(H,30,31,33). The van der Waals surface area contributed by atoms with E-state index in [-0.39, 0.29) is 11.7 Å². The molecule has 1 aromatic heterocycles. The summed E-state index contributed by atoms with van der Waals surface area (Å²) in [5.41, 5.74) is 4.54. The van der Waals surface area contributed by atoms with Crippen molar-refractivity contribution in [3.05, 3.63) is 82.8 Å². The van der Waals surface area contributed by atoms with E-state index in [0.717, 1.165) is 47.7 Å². The summed E-state index contributed by atoms with van der Waals surface area (Å²) in [4.78, 5) is 22.4. The maximum absolute atomic E-state index is 12.8. The third-order valence-electron chi connectivity index (χ3n) is 6.66. The van der Waals surface area contributed by atoms with Gasteiger partial charge in [0.1, 0.15) is 5.75 Å². The molecule has 5 heteroatoms. The van der Waals surface area contributed by atoms with Gasteiger partial charge in [0, 0.05) is 11.8 Å². The van der Waals surface area contributed by atoms with Crippen molar-refractivity contribution < 1.29 is 9.90 Å². The molecule has 0 aliphatic heterocycles. The Hall–Kier alpha value is -3.21. The molecular formula is C28H33N3O2. The van der Waals surface area contributed by atoms with Gasteiger partial charge in [-0.05, 0) is 73.9 Å². The predicted octanol–water partition coefficient (Wildman–Crippen LogP) is 6.04. The molecule has 1 aliphatic carbocycles. The molecule has 33 heavy (non-hydrogen) atoms. The first-order valence-corrected chi connectivity index (χ1v) is 12.1. The summed E-state index contributed by atoms with van der Waals surface area (Å²) in [5.74, 6) is 1.43. The minimum absolute atomic E-state index is 0.162. The summed E-state index contributed by atoms with van der Waals surface area (Å²) < 4.78 is 0. The van der Waals surface area contributed by atoms with Gasteiger partial charge >= 0.3 is 0 Å². The van der Waals surface area contributed by atoms with Crippen LogP contribution in [0.1, 0.15) is 71.4 Å². The van der Waals surface area contributed by atoms with Crippen LogP contribution in [0.4, 0.5) is 5.82 Å². The van der Waals surface area contributed by atoms with Gasteiger partial charge in [-0.25, -0.2) is 4.98 Å². The van der Waals surface area contributed by atoms with Crippen molar-refractivity contribution in [2.24, 2.45) is 5.92 Å². The fourth-order valence-electron chi connectivity index (χ4n) is 4.63. The number of anilines is 1. The van der Waals surface area contributed by atoms with Gasteiger partial charge < -0.3 is 10.4 Å².